The first-order valence-corrected chi connectivity index (χ1v) is 38.1. The van der Waals surface area contributed by atoms with Gasteiger partial charge in [0.25, 0.3) is 7.82 Å². The molecule has 86 heavy (non-hydrogen) atoms. The molecule has 0 aromatic rings. The van der Waals surface area contributed by atoms with Crippen molar-refractivity contribution < 1.29 is 42.1 Å². The topological polar surface area (TPSA) is 111 Å². The van der Waals surface area contributed by atoms with Crippen LogP contribution < -0.4 is 4.89 Å². The number of ether oxygens (including phenoxy) is 2. The van der Waals surface area contributed by atoms with Gasteiger partial charge in [-0.3, -0.25) is 14.2 Å². The smallest absolute Gasteiger partial charge is 0.306 e. The molecule has 0 bridgehead atoms. The number of likely N-dealkylation sites (N-methyl/N-ethyl adjacent to an activating group) is 1. The third-order valence-corrected chi connectivity index (χ3v) is 17.2. The van der Waals surface area contributed by atoms with E-state index in [2.05, 4.69) is 86.8 Å². The van der Waals surface area contributed by atoms with Crippen molar-refractivity contribution in [3.63, 3.8) is 0 Å². The maximum absolute atomic E-state index is 12.9. The van der Waals surface area contributed by atoms with Crippen LogP contribution in [0.5, 0.6) is 0 Å². The average Bonchev–Trinajstić information content (AvgIpc) is 3.67. The number of rotatable bonds is 68. The Morgan fingerprint density at radius 1 is 0.372 bits per heavy atom. The Hall–Kier alpha value is -2.55. The molecule has 2 unspecified atom stereocenters. The second-order valence-corrected chi connectivity index (χ2v) is 27.3. The molecule has 0 aromatic heterocycles. The quantitative estimate of drug-likeness (QED) is 0.0195. The van der Waals surface area contributed by atoms with Crippen molar-refractivity contribution in [2.45, 2.75) is 354 Å². The van der Waals surface area contributed by atoms with E-state index in [1.807, 2.05) is 21.1 Å². The molecule has 0 aromatic carbocycles. The first-order chi connectivity index (χ1) is 42.0. The van der Waals surface area contributed by atoms with Crippen LogP contribution in [0.2, 0.25) is 0 Å². The number of quaternary nitrogens is 1. The Labute approximate surface area is 533 Å². The van der Waals surface area contributed by atoms with Crippen molar-refractivity contribution in [2.75, 3.05) is 47.5 Å². The van der Waals surface area contributed by atoms with Gasteiger partial charge in [0.05, 0.1) is 27.7 Å². The summed E-state index contributed by atoms with van der Waals surface area (Å²) in [5.74, 6) is -0.817. The number of unbranched alkanes of at least 4 members (excludes halogenated alkanes) is 42. The Morgan fingerprint density at radius 2 is 0.663 bits per heavy atom. The molecule has 0 saturated heterocycles. The van der Waals surface area contributed by atoms with Crippen LogP contribution in [0.1, 0.15) is 348 Å². The second kappa shape index (κ2) is 66.9. The number of carbonyl (C=O) groups excluding carboxylic acids is 2. The van der Waals surface area contributed by atoms with Gasteiger partial charge in [0.2, 0.25) is 0 Å². The van der Waals surface area contributed by atoms with Crippen molar-refractivity contribution in [3.05, 3.63) is 72.9 Å². The van der Waals surface area contributed by atoms with Gasteiger partial charge in [-0.05, 0) is 83.5 Å². The Kier molecular flexibility index (Phi) is 64.9. The minimum atomic E-state index is -4.64. The first kappa shape index (κ1) is 83.5. The number of nitrogens with zero attached hydrogens (tertiary/aromatic N) is 1. The summed E-state index contributed by atoms with van der Waals surface area (Å²) in [5, 5.41) is 0. The summed E-state index contributed by atoms with van der Waals surface area (Å²) in [6.45, 7) is 4.17. The van der Waals surface area contributed by atoms with Crippen LogP contribution in [0.25, 0.3) is 0 Å². The molecule has 0 N–H and O–H groups in total. The van der Waals surface area contributed by atoms with Crippen LogP contribution in [0.15, 0.2) is 72.9 Å². The molecule has 9 nitrogen and oxygen atoms in total. The SMILES string of the molecule is CC/C=C\C/C=C\C/C=C\C/C=C\CCCCCCCCCCCCCCCCCCC(=O)OC(COC(=O)CCCCCCCCCCCCCCCCCCCCCCC/C=C\C/C=C\CCCCCCC)COP(=O)([O-])OCC[N+](C)(C)C. The van der Waals surface area contributed by atoms with Crippen LogP contribution in [-0.2, 0) is 32.7 Å². The van der Waals surface area contributed by atoms with E-state index in [1.54, 1.807) is 0 Å². The number of phosphoric ester groups is 1. The van der Waals surface area contributed by atoms with Gasteiger partial charge < -0.3 is 27.9 Å². The van der Waals surface area contributed by atoms with Crippen molar-refractivity contribution >= 4 is 19.8 Å². The number of carbonyl (C=O) groups is 2. The van der Waals surface area contributed by atoms with E-state index in [0.717, 1.165) is 70.6 Å². The lowest BCUT2D eigenvalue weighted by atomic mass is 10.0. The Balaban J connectivity index is 3.98. The van der Waals surface area contributed by atoms with Crippen molar-refractivity contribution in [3.8, 4) is 0 Å². The van der Waals surface area contributed by atoms with Crippen LogP contribution >= 0.6 is 7.82 Å². The molecule has 0 saturated carbocycles. The molecule has 10 heteroatoms. The van der Waals surface area contributed by atoms with Gasteiger partial charge in [0, 0.05) is 12.8 Å². The number of phosphoric acid groups is 1. The maximum Gasteiger partial charge on any atom is 0.306 e. The zero-order valence-electron chi connectivity index (χ0n) is 57.3. The molecule has 0 aliphatic carbocycles. The van der Waals surface area contributed by atoms with Crippen molar-refractivity contribution in [1.29, 1.82) is 0 Å². The molecule has 0 radical (unpaired) electrons. The van der Waals surface area contributed by atoms with Gasteiger partial charge in [-0.15, -0.1) is 0 Å². The van der Waals surface area contributed by atoms with E-state index in [1.165, 1.54) is 244 Å². The van der Waals surface area contributed by atoms with Crippen LogP contribution in [0.3, 0.4) is 0 Å². The zero-order chi connectivity index (χ0) is 62.6. The average molecular weight is 1230 g/mol. The van der Waals surface area contributed by atoms with Gasteiger partial charge in [-0.1, -0.05) is 324 Å². The largest absolute Gasteiger partial charge is 0.756 e. The van der Waals surface area contributed by atoms with E-state index < -0.39 is 26.5 Å². The summed E-state index contributed by atoms with van der Waals surface area (Å²) in [6.07, 6.45) is 90.0. The number of hydrogen-bond donors (Lipinski definition) is 0. The van der Waals surface area contributed by atoms with E-state index in [4.69, 9.17) is 18.5 Å². The maximum atomic E-state index is 12.9. The number of esters is 2. The number of hydrogen-bond acceptors (Lipinski definition) is 8. The lowest BCUT2D eigenvalue weighted by Crippen LogP contribution is -2.37. The lowest BCUT2D eigenvalue weighted by molar-refractivity contribution is -0.870. The molecule has 2 atom stereocenters. The summed E-state index contributed by atoms with van der Waals surface area (Å²) < 4.78 is 34.4. The monoisotopic (exact) mass is 1230 g/mol. The van der Waals surface area contributed by atoms with Crippen molar-refractivity contribution in [1.82, 2.24) is 0 Å². The summed E-state index contributed by atoms with van der Waals surface area (Å²) in [7, 11) is 1.18. The fraction of sp³-hybridized carbons (Fsp3) is 0.816. The predicted molar refractivity (Wildman–Crippen MR) is 370 cm³/mol. The Morgan fingerprint density at radius 3 is 0.988 bits per heavy atom. The zero-order valence-corrected chi connectivity index (χ0v) is 58.2. The van der Waals surface area contributed by atoms with E-state index >= 15 is 0 Å². The highest BCUT2D eigenvalue weighted by Gasteiger charge is 2.22. The summed E-state index contributed by atoms with van der Waals surface area (Å²) >= 11 is 0. The first-order valence-electron chi connectivity index (χ1n) is 36.6. The standard InChI is InChI=1S/C76H140NO8P/c1-6-8-10-12-14-16-18-20-22-24-26-28-30-32-34-36-37-38-39-41-42-44-46-48-50-52-54-56-58-60-62-64-66-68-75(78)82-72-74(73-84-86(80,81)83-71-70-77(3,4)5)85-76(79)69-67-65-63-61-59-57-55-53-51-49-47-45-43-40-35-33-31-29-27-25-23-21-19-17-15-13-11-9-7-2/h9,11,15,17-18,20-21,23-24,26-27,29,74H,6-8,10,12-14,16,19,22,25,28,30-73H2,1-5H3/b11-9-,17-15-,20-18-,23-21-,26-24-,29-27-. The highest BCUT2D eigenvalue weighted by molar-refractivity contribution is 7.45. The van der Waals surface area contributed by atoms with Gasteiger partial charge in [0.1, 0.15) is 19.8 Å². The molecule has 0 rings (SSSR count). The molecule has 0 spiro atoms. The summed E-state index contributed by atoms with van der Waals surface area (Å²) in [5.41, 5.74) is 0. The fourth-order valence-electron chi connectivity index (χ4n) is 10.6. The summed E-state index contributed by atoms with van der Waals surface area (Å²) in [6, 6.07) is 0. The fourth-order valence-corrected chi connectivity index (χ4v) is 11.4. The van der Waals surface area contributed by atoms with Gasteiger partial charge in [-0.2, -0.15) is 0 Å². The minimum Gasteiger partial charge on any atom is -0.756 e. The number of allylic oxidation sites excluding steroid dienone is 12. The van der Waals surface area contributed by atoms with Gasteiger partial charge in [0.15, 0.2) is 6.10 Å². The van der Waals surface area contributed by atoms with Crippen molar-refractivity contribution in [2.24, 2.45) is 0 Å². The molecule has 0 aliphatic heterocycles. The molecule has 0 heterocycles. The highest BCUT2D eigenvalue weighted by Crippen LogP contribution is 2.38. The normalized spacial score (nSPS) is 13.5. The Bertz CT molecular complexity index is 1680. The highest BCUT2D eigenvalue weighted by atomic mass is 31.2. The van der Waals surface area contributed by atoms with Gasteiger partial charge >= 0.3 is 11.9 Å². The molecule has 0 aliphatic rings. The van der Waals surface area contributed by atoms with E-state index in [0.29, 0.717) is 17.4 Å². The molecule has 0 fully saturated rings. The minimum absolute atomic E-state index is 0.0304. The molecule has 0 amide bonds. The van der Waals surface area contributed by atoms with Crippen LogP contribution in [0, 0.1) is 0 Å². The third-order valence-electron chi connectivity index (χ3n) is 16.2. The summed E-state index contributed by atoms with van der Waals surface area (Å²) in [4.78, 5) is 38.1. The van der Waals surface area contributed by atoms with E-state index in [-0.39, 0.29) is 32.0 Å². The van der Waals surface area contributed by atoms with Gasteiger partial charge in [-0.25, -0.2) is 0 Å². The van der Waals surface area contributed by atoms with E-state index in [9.17, 15) is 19.0 Å². The van der Waals surface area contributed by atoms with Crippen LogP contribution in [-0.4, -0.2) is 70.0 Å². The molecule has 502 valence electrons. The molecular formula is C76H140NO8P. The second-order valence-electron chi connectivity index (χ2n) is 25.9. The third kappa shape index (κ3) is 70.5. The predicted octanol–water partition coefficient (Wildman–Crippen LogP) is 23.3. The molecular weight excluding hydrogens is 1090 g/mol. The lowest BCUT2D eigenvalue weighted by Gasteiger charge is -2.28. The van der Waals surface area contributed by atoms with Crippen LogP contribution in [0.4, 0.5) is 0 Å².